The van der Waals surface area contributed by atoms with Crippen molar-refractivity contribution in [3.8, 4) is 5.75 Å². The highest BCUT2D eigenvalue weighted by atomic mass is 79.9. The van der Waals surface area contributed by atoms with Crippen LogP contribution in [0.25, 0.3) is 0 Å². The van der Waals surface area contributed by atoms with Gasteiger partial charge in [0.25, 0.3) is 5.91 Å². The molecule has 0 saturated carbocycles. The number of anilines is 1. The molecule has 2 aromatic rings. The smallest absolute Gasteiger partial charge is 0.342 e. The molecular weight excluding hydrogens is 362 g/mol. The number of aromatic hydroxyl groups is 1. The maximum absolute atomic E-state index is 12.0. The molecule has 0 aliphatic rings. The van der Waals surface area contributed by atoms with Crippen LogP contribution in [0.2, 0.25) is 0 Å². The normalized spacial score (nSPS) is 11.6. The van der Waals surface area contributed by atoms with Crippen LogP contribution < -0.4 is 5.32 Å². The summed E-state index contributed by atoms with van der Waals surface area (Å²) in [7, 11) is 0. The molecule has 2 N–H and O–H groups in total. The Morgan fingerprint density at radius 2 is 1.83 bits per heavy atom. The van der Waals surface area contributed by atoms with Gasteiger partial charge in [0, 0.05) is 10.2 Å². The van der Waals surface area contributed by atoms with Crippen molar-refractivity contribution in [3.05, 3.63) is 58.1 Å². The third-order valence-corrected chi connectivity index (χ3v) is 3.67. The predicted octanol–water partition coefficient (Wildman–Crippen LogP) is 3.65. The highest BCUT2D eigenvalue weighted by Crippen LogP contribution is 2.20. The van der Waals surface area contributed by atoms with Gasteiger partial charge in [0.05, 0.1) is 0 Å². The first kappa shape index (κ1) is 17.0. The lowest BCUT2D eigenvalue weighted by Gasteiger charge is -2.14. The van der Waals surface area contributed by atoms with Crippen molar-refractivity contribution >= 4 is 33.5 Å². The van der Waals surface area contributed by atoms with Gasteiger partial charge in [-0.25, -0.2) is 4.79 Å². The number of phenols is 1. The number of esters is 1. The Bertz CT molecular complexity index is 728. The molecule has 0 aliphatic heterocycles. The van der Waals surface area contributed by atoms with Gasteiger partial charge < -0.3 is 15.2 Å². The molecule has 23 heavy (non-hydrogen) atoms. The lowest BCUT2D eigenvalue weighted by molar-refractivity contribution is -0.123. The van der Waals surface area contributed by atoms with Crippen LogP contribution in [0.5, 0.6) is 5.75 Å². The highest BCUT2D eigenvalue weighted by Gasteiger charge is 2.21. The fraction of sp³-hybridized carbons (Fsp3) is 0.176. The largest absolute Gasteiger partial charge is 0.507 e. The number of phenolic OH excluding ortho intramolecular Hbond substituents is 1. The van der Waals surface area contributed by atoms with Gasteiger partial charge in [-0.3, -0.25) is 4.79 Å². The van der Waals surface area contributed by atoms with Gasteiger partial charge in [-0.1, -0.05) is 22.0 Å². The minimum atomic E-state index is -0.994. The van der Waals surface area contributed by atoms with Crippen LogP contribution in [0.4, 0.5) is 5.69 Å². The molecule has 0 heterocycles. The second-order valence-electron chi connectivity index (χ2n) is 5.06. The van der Waals surface area contributed by atoms with Crippen LogP contribution in [0.15, 0.2) is 46.9 Å². The average molecular weight is 378 g/mol. The van der Waals surface area contributed by atoms with E-state index in [9.17, 15) is 14.7 Å². The number of nitrogens with one attached hydrogen (secondary N) is 1. The molecular formula is C17H16BrNO4. The van der Waals surface area contributed by atoms with Gasteiger partial charge in [-0.15, -0.1) is 0 Å². The molecule has 0 aliphatic carbocycles. The second-order valence-corrected chi connectivity index (χ2v) is 5.98. The number of hydrogen-bond donors (Lipinski definition) is 2. The van der Waals surface area contributed by atoms with Crippen molar-refractivity contribution in [2.24, 2.45) is 0 Å². The lowest BCUT2D eigenvalue weighted by Crippen LogP contribution is -2.30. The Morgan fingerprint density at radius 3 is 2.43 bits per heavy atom. The Hall–Kier alpha value is -2.34. The van der Waals surface area contributed by atoms with E-state index in [-0.39, 0.29) is 11.3 Å². The molecule has 1 atom stereocenters. The Morgan fingerprint density at radius 1 is 1.17 bits per heavy atom. The molecule has 0 spiro atoms. The van der Waals surface area contributed by atoms with Gasteiger partial charge >= 0.3 is 5.97 Å². The summed E-state index contributed by atoms with van der Waals surface area (Å²) in [4.78, 5) is 24.1. The van der Waals surface area contributed by atoms with E-state index >= 15 is 0 Å². The Kier molecular flexibility index (Phi) is 5.39. The topological polar surface area (TPSA) is 75.6 Å². The first-order chi connectivity index (χ1) is 10.9. The van der Waals surface area contributed by atoms with Gasteiger partial charge in [-0.05, 0) is 55.8 Å². The van der Waals surface area contributed by atoms with Crippen LogP contribution in [0, 0.1) is 6.92 Å². The van der Waals surface area contributed by atoms with E-state index in [2.05, 4.69) is 21.2 Å². The first-order valence-electron chi connectivity index (χ1n) is 6.94. The Balaban J connectivity index is 2.00. The number of ether oxygens (including phenoxy) is 1. The number of carbonyl (C=O) groups is 2. The van der Waals surface area contributed by atoms with Crippen LogP contribution >= 0.6 is 15.9 Å². The maximum atomic E-state index is 12.0. The number of aryl methyl sites for hydroxylation is 1. The molecule has 0 saturated heterocycles. The molecule has 120 valence electrons. The van der Waals surface area contributed by atoms with Crippen molar-refractivity contribution in [2.75, 3.05) is 5.32 Å². The monoisotopic (exact) mass is 377 g/mol. The van der Waals surface area contributed by atoms with E-state index in [4.69, 9.17) is 4.74 Å². The van der Waals surface area contributed by atoms with E-state index in [0.29, 0.717) is 5.69 Å². The van der Waals surface area contributed by atoms with E-state index in [1.54, 1.807) is 37.3 Å². The summed E-state index contributed by atoms with van der Waals surface area (Å²) in [5.41, 5.74) is 1.44. The van der Waals surface area contributed by atoms with Crippen LogP contribution in [0.3, 0.4) is 0 Å². The number of benzene rings is 2. The summed E-state index contributed by atoms with van der Waals surface area (Å²) in [5.74, 6) is -1.37. The van der Waals surface area contributed by atoms with E-state index < -0.39 is 18.0 Å². The number of carbonyl (C=O) groups excluding carboxylic acids is 2. The maximum Gasteiger partial charge on any atom is 0.342 e. The van der Waals surface area contributed by atoms with E-state index in [0.717, 1.165) is 10.0 Å². The third-order valence-electron chi connectivity index (χ3n) is 3.14. The van der Waals surface area contributed by atoms with E-state index in [1.807, 2.05) is 0 Å². The zero-order valence-electron chi connectivity index (χ0n) is 12.7. The van der Waals surface area contributed by atoms with Crippen LogP contribution in [-0.2, 0) is 9.53 Å². The first-order valence-corrected chi connectivity index (χ1v) is 7.73. The minimum Gasteiger partial charge on any atom is -0.507 e. The quantitative estimate of drug-likeness (QED) is 0.797. The summed E-state index contributed by atoms with van der Waals surface area (Å²) < 4.78 is 5.99. The van der Waals surface area contributed by atoms with Crippen molar-refractivity contribution < 1.29 is 19.4 Å². The molecule has 5 nitrogen and oxygen atoms in total. The summed E-state index contributed by atoms with van der Waals surface area (Å²) in [6.07, 6.45) is -0.994. The summed E-state index contributed by atoms with van der Waals surface area (Å²) >= 11 is 3.31. The van der Waals surface area contributed by atoms with Gasteiger partial charge in [0.1, 0.15) is 11.3 Å². The third kappa shape index (κ3) is 4.56. The highest BCUT2D eigenvalue weighted by molar-refractivity contribution is 9.10. The molecule has 6 heteroatoms. The van der Waals surface area contributed by atoms with Crippen molar-refractivity contribution in [3.63, 3.8) is 0 Å². The van der Waals surface area contributed by atoms with Crippen molar-refractivity contribution in [1.82, 2.24) is 0 Å². The number of rotatable bonds is 4. The average Bonchev–Trinajstić information content (AvgIpc) is 2.49. The molecule has 0 bridgehead atoms. The van der Waals surface area contributed by atoms with Gasteiger partial charge in [0.15, 0.2) is 6.10 Å². The standard InChI is InChI=1S/C17H16BrNO4/c1-10-3-8-14(15(20)9-10)17(22)23-11(2)16(21)19-13-6-4-12(18)5-7-13/h3-9,11,20H,1-2H3,(H,19,21). The summed E-state index contributed by atoms with van der Waals surface area (Å²) in [5, 5.41) is 12.4. The molecule has 0 radical (unpaired) electrons. The van der Waals surface area contributed by atoms with Crippen molar-refractivity contribution in [1.29, 1.82) is 0 Å². The second kappa shape index (κ2) is 7.28. The minimum absolute atomic E-state index is 0.0268. The summed E-state index contributed by atoms with van der Waals surface area (Å²) in [6.45, 7) is 3.26. The Labute approximate surface area is 142 Å². The predicted molar refractivity (Wildman–Crippen MR) is 90.5 cm³/mol. The van der Waals surface area contributed by atoms with Gasteiger partial charge in [-0.2, -0.15) is 0 Å². The zero-order valence-corrected chi connectivity index (χ0v) is 14.3. The van der Waals surface area contributed by atoms with Crippen LogP contribution in [0.1, 0.15) is 22.8 Å². The van der Waals surface area contributed by atoms with Crippen LogP contribution in [-0.4, -0.2) is 23.1 Å². The fourth-order valence-electron chi connectivity index (χ4n) is 1.87. The summed E-state index contributed by atoms with van der Waals surface area (Å²) in [6, 6.07) is 11.6. The SMILES string of the molecule is Cc1ccc(C(=O)OC(C)C(=O)Nc2ccc(Br)cc2)c(O)c1. The van der Waals surface area contributed by atoms with Crippen molar-refractivity contribution in [2.45, 2.75) is 20.0 Å². The molecule has 0 aromatic heterocycles. The number of amides is 1. The molecule has 0 fully saturated rings. The molecule has 2 aromatic carbocycles. The van der Waals surface area contributed by atoms with E-state index in [1.165, 1.54) is 19.1 Å². The zero-order chi connectivity index (χ0) is 17.0. The lowest BCUT2D eigenvalue weighted by atomic mass is 10.1. The molecule has 2 rings (SSSR count). The number of halogens is 1. The molecule has 1 amide bonds. The number of hydrogen-bond acceptors (Lipinski definition) is 4. The van der Waals surface area contributed by atoms with Gasteiger partial charge in [0.2, 0.25) is 0 Å². The molecule has 1 unspecified atom stereocenters. The fourth-order valence-corrected chi connectivity index (χ4v) is 2.13.